The topological polar surface area (TPSA) is 74.6 Å². The average Bonchev–Trinajstić information content (AvgIpc) is 3.16. The quantitative estimate of drug-likeness (QED) is 0.472. The Labute approximate surface area is 143 Å². The number of cyclic esters (lactones) is 2. The van der Waals surface area contributed by atoms with Crippen LogP contribution in [0.4, 0.5) is 0 Å². The Morgan fingerprint density at radius 3 is 2.54 bits per heavy atom. The summed E-state index contributed by atoms with van der Waals surface area (Å²) < 4.78 is 12.0. The molecule has 0 saturated carbocycles. The number of thiophene rings is 1. The summed E-state index contributed by atoms with van der Waals surface area (Å²) in [6, 6.07) is 7.08. The Morgan fingerprint density at radius 1 is 1.21 bits per heavy atom. The van der Waals surface area contributed by atoms with Crippen molar-refractivity contribution in [3.05, 3.63) is 46.4 Å². The number of ketones is 1. The van der Waals surface area contributed by atoms with Gasteiger partial charge in [-0.15, -0.1) is 11.3 Å². The lowest BCUT2D eigenvalue weighted by molar-refractivity contribution is -0.240. The highest BCUT2D eigenvalue weighted by atomic mass is 32.1. The maximum absolute atomic E-state index is 12.5. The lowest BCUT2D eigenvalue weighted by Crippen LogP contribution is -2.46. The first kappa shape index (κ1) is 16.4. The number of aryl methyl sites for hydroxylation is 1. The summed E-state index contributed by atoms with van der Waals surface area (Å²) in [7, 11) is 0. The van der Waals surface area contributed by atoms with Gasteiger partial charge in [0.25, 0.3) is 5.79 Å². The normalized spacial score (nSPS) is 17.4. The maximum Gasteiger partial charge on any atom is 0.323 e. The second kappa shape index (κ2) is 6.24. The van der Waals surface area contributed by atoms with Gasteiger partial charge in [0.1, 0.15) is 0 Å². The fourth-order valence-electron chi connectivity index (χ4n) is 2.60. The van der Waals surface area contributed by atoms with Gasteiger partial charge >= 0.3 is 11.9 Å². The van der Waals surface area contributed by atoms with Crippen LogP contribution in [0.2, 0.25) is 0 Å². The van der Waals surface area contributed by atoms with Gasteiger partial charge in [-0.3, -0.25) is 14.4 Å². The van der Waals surface area contributed by atoms with Crippen molar-refractivity contribution in [3.8, 4) is 0 Å². The van der Waals surface area contributed by atoms with Crippen molar-refractivity contribution in [2.45, 2.75) is 32.6 Å². The van der Waals surface area contributed by atoms with Gasteiger partial charge < -0.3 is 14.0 Å². The standard InChI is InChI=1S/C17H17NO5S/c1-17(2)22-15(20)11(16(21)23-17)7-9-18-8-3-5-12(18)14(19)13-6-4-10-24-13/h3-6,8,10-11H,7,9H2,1-2H3. The Balaban J connectivity index is 1.70. The van der Waals surface area contributed by atoms with E-state index in [2.05, 4.69) is 0 Å². The highest BCUT2D eigenvalue weighted by Crippen LogP contribution is 2.26. The number of ether oxygens (including phenoxy) is 2. The molecular formula is C17H17NO5S. The molecule has 3 rings (SSSR count). The fraction of sp³-hybridized carbons (Fsp3) is 0.353. The number of rotatable bonds is 5. The molecule has 126 valence electrons. The highest BCUT2D eigenvalue weighted by Gasteiger charge is 2.42. The molecule has 2 aromatic rings. The number of esters is 2. The third-order valence-corrected chi connectivity index (χ3v) is 4.60. The van der Waals surface area contributed by atoms with E-state index >= 15 is 0 Å². The van der Waals surface area contributed by atoms with Crippen molar-refractivity contribution in [2.24, 2.45) is 5.92 Å². The number of hydrogen-bond donors (Lipinski definition) is 0. The summed E-state index contributed by atoms with van der Waals surface area (Å²) in [4.78, 5) is 37.1. The number of hydrogen-bond acceptors (Lipinski definition) is 6. The molecule has 1 aliphatic heterocycles. The van der Waals surface area contributed by atoms with Crippen molar-refractivity contribution in [1.82, 2.24) is 4.57 Å². The van der Waals surface area contributed by atoms with Crippen molar-refractivity contribution in [3.63, 3.8) is 0 Å². The Hall–Kier alpha value is -2.41. The first-order valence-electron chi connectivity index (χ1n) is 7.56. The SMILES string of the molecule is CC1(C)OC(=O)C(CCn2cccc2C(=O)c2cccs2)C(=O)O1. The van der Waals surface area contributed by atoms with E-state index in [-0.39, 0.29) is 12.2 Å². The first-order valence-corrected chi connectivity index (χ1v) is 8.44. The fourth-order valence-corrected chi connectivity index (χ4v) is 3.27. The average molecular weight is 347 g/mol. The molecule has 0 atom stereocenters. The van der Waals surface area contributed by atoms with Crippen molar-refractivity contribution in [2.75, 3.05) is 0 Å². The molecule has 0 radical (unpaired) electrons. The second-order valence-corrected chi connectivity index (χ2v) is 6.92. The lowest BCUT2D eigenvalue weighted by atomic mass is 10.0. The zero-order chi connectivity index (χ0) is 17.3. The first-order chi connectivity index (χ1) is 11.4. The molecule has 0 aliphatic carbocycles. The van der Waals surface area contributed by atoms with E-state index in [1.165, 1.54) is 25.2 Å². The monoisotopic (exact) mass is 347 g/mol. The molecule has 0 aromatic carbocycles. The van der Waals surface area contributed by atoms with Gasteiger partial charge in [-0.2, -0.15) is 0 Å². The van der Waals surface area contributed by atoms with Gasteiger partial charge in [-0.05, 0) is 30.0 Å². The number of aromatic nitrogens is 1. The Kier molecular flexibility index (Phi) is 4.28. The van der Waals surface area contributed by atoms with Gasteiger partial charge in [0.05, 0.1) is 10.6 Å². The minimum absolute atomic E-state index is 0.0788. The van der Waals surface area contributed by atoms with E-state index in [1.807, 2.05) is 11.4 Å². The van der Waals surface area contributed by atoms with Crippen molar-refractivity contribution in [1.29, 1.82) is 0 Å². The van der Waals surface area contributed by atoms with Crippen LogP contribution in [0.1, 0.15) is 35.6 Å². The summed E-state index contributed by atoms with van der Waals surface area (Å²) in [5.41, 5.74) is 0.523. The second-order valence-electron chi connectivity index (χ2n) is 5.98. The summed E-state index contributed by atoms with van der Waals surface area (Å²) in [5.74, 6) is -3.45. The Bertz CT molecular complexity index is 755. The molecule has 0 N–H and O–H groups in total. The summed E-state index contributed by atoms with van der Waals surface area (Å²) >= 11 is 1.37. The van der Waals surface area contributed by atoms with Gasteiger partial charge in [-0.25, -0.2) is 0 Å². The lowest BCUT2D eigenvalue weighted by Gasteiger charge is -2.32. The minimum atomic E-state index is -1.22. The van der Waals surface area contributed by atoms with Gasteiger partial charge in [-0.1, -0.05) is 6.07 Å². The maximum atomic E-state index is 12.5. The van der Waals surface area contributed by atoms with E-state index in [1.54, 1.807) is 29.0 Å². The van der Waals surface area contributed by atoms with Crippen LogP contribution < -0.4 is 0 Å². The van der Waals surface area contributed by atoms with Gasteiger partial charge in [0.15, 0.2) is 5.92 Å². The molecule has 0 spiro atoms. The Morgan fingerprint density at radius 2 is 1.92 bits per heavy atom. The molecule has 0 unspecified atom stereocenters. The molecule has 3 heterocycles. The van der Waals surface area contributed by atoms with Crippen LogP contribution in [0.3, 0.4) is 0 Å². The van der Waals surface area contributed by atoms with Crippen LogP contribution in [0.15, 0.2) is 35.8 Å². The highest BCUT2D eigenvalue weighted by molar-refractivity contribution is 7.12. The van der Waals surface area contributed by atoms with Crippen molar-refractivity contribution < 1.29 is 23.9 Å². The van der Waals surface area contributed by atoms with Gasteiger partial charge in [0, 0.05) is 26.6 Å². The van der Waals surface area contributed by atoms with E-state index < -0.39 is 23.6 Å². The largest absolute Gasteiger partial charge is 0.422 e. The van der Waals surface area contributed by atoms with Crippen LogP contribution in [0.25, 0.3) is 0 Å². The zero-order valence-electron chi connectivity index (χ0n) is 13.4. The van der Waals surface area contributed by atoms with Gasteiger partial charge in [0.2, 0.25) is 5.78 Å². The molecule has 2 aromatic heterocycles. The summed E-state index contributed by atoms with van der Waals surface area (Å²) in [5, 5.41) is 1.84. The third kappa shape index (κ3) is 3.26. The molecule has 6 nitrogen and oxygen atoms in total. The van der Waals surface area contributed by atoms with E-state index in [9.17, 15) is 14.4 Å². The third-order valence-electron chi connectivity index (χ3n) is 3.73. The minimum Gasteiger partial charge on any atom is -0.422 e. The van der Waals surface area contributed by atoms with Crippen molar-refractivity contribution >= 4 is 29.1 Å². The number of nitrogens with zero attached hydrogens (tertiary/aromatic N) is 1. The van der Waals surface area contributed by atoms with E-state index in [4.69, 9.17) is 9.47 Å². The van der Waals surface area contributed by atoms with Crippen LogP contribution in [-0.4, -0.2) is 28.1 Å². The van der Waals surface area contributed by atoms with Crippen LogP contribution in [0.5, 0.6) is 0 Å². The zero-order valence-corrected chi connectivity index (χ0v) is 14.2. The summed E-state index contributed by atoms with van der Waals surface area (Å²) in [6.07, 6.45) is 1.97. The summed E-state index contributed by atoms with van der Waals surface area (Å²) in [6.45, 7) is 3.38. The van der Waals surface area contributed by atoms with E-state index in [0.29, 0.717) is 17.1 Å². The van der Waals surface area contributed by atoms with E-state index in [0.717, 1.165) is 0 Å². The van der Waals surface area contributed by atoms with Crippen LogP contribution in [-0.2, 0) is 25.6 Å². The predicted molar refractivity (Wildman–Crippen MR) is 86.6 cm³/mol. The molecule has 1 saturated heterocycles. The molecule has 0 amide bonds. The molecule has 0 bridgehead atoms. The molecule has 24 heavy (non-hydrogen) atoms. The molecule has 1 fully saturated rings. The molecular weight excluding hydrogens is 330 g/mol. The van der Waals surface area contributed by atoms with Crippen LogP contribution in [0, 0.1) is 5.92 Å². The number of carbonyl (C=O) groups excluding carboxylic acids is 3. The molecule has 7 heteroatoms. The smallest absolute Gasteiger partial charge is 0.323 e. The molecule has 1 aliphatic rings. The number of carbonyl (C=O) groups is 3. The van der Waals surface area contributed by atoms with Crippen LogP contribution >= 0.6 is 11.3 Å². The predicted octanol–water partition coefficient (Wildman–Crippen LogP) is 2.62.